The van der Waals surface area contributed by atoms with Crippen molar-refractivity contribution in [2.45, 2.75) is 12.5 Å². The molecule has 0 N–H and O–H groups in total. The van der Waals surface area contributed by atoms with E-state index in [4.69, 9.17) is 4.42 Å². The minimum Gasteiger partial charge on any atom is -0.465 e. The van der Waals surface area contributed by atoms with Crippen molar-refractivity contribution in [3.05, 3.63) is 29.1 Å². The van der Waals surface area contributed by atoms with Crippen LogP contribution in [0.1, 0.15) is 12.2 Å². The van der Waals surface area contributed by atoms with Crippen LogP contribution in [-0.2, 0) is 19.4 Å². The zero-order valence-corrected chi connectivity index (χ0v) is 15.0. The average Bonchev–Trinajstić information content (AvgIpc) is 3.24. The standard InChI is InChI=1S/C15H16N2O6S2/c1-16(10-4-6-25(21,22)9-10)13(18)8-17-14(19)12(24-15(17)20)7-11-3-2-5-23-11/h2-3,5,7,10H,4,6,8-9H2,1H3/b12-7-/t10-/m1/s1. The normalized spacial score (nSPS) is 24.3. The monoisotopic (exact) mass is 384 g/mol. The second-order valence-electron chi connectivity index (χ2n) is 5.84. The van der Waals surface area contributed by atoms with E-state index in [-0.39, 0.29) is 16.4 Å². The van der Waals surface area contributed by atoms with Crippen molar-refractivity contribution < 1.29 is 27.2 Å². The number of nitrogens with zero attached hydrogens (tertiary/aromatic N) is 2. The highest BCUT2D eigenvalue weighted by Crippen LogP contribution is 2.32. The van der Waals surface area contributed by atoms with Crippen LogP contribution in [0.25, 0.3) is 6.08 Å². The third-order valence-corrected chi connectivity index (χ3v) is 6.79. The lowest BCUT2D eigenvalue weighted by atomic mass is 10.2. The third kappa shape index (κ3) is 3.79. The Hall–Kier alpha value is -2.07. The van der Waals surface area contributed by atoms with Gasteiger partial charge in [-0.05, 0) is 30.3 Å². The summed E-state index contributed by atoms with van der Waals surface area (Å²) < 4.78 is 28.2. The molecular weight excluding hydrogens is 368 g/mol. The van der Waals surface area contributed by atoms with Gasteiger partial charge in [0, 0.05) is 19.2 Å². The van der Waals surface area contributed by atoms with Crippen LogP contribution >= 0.6 is 11.8 Å². The summed E-state index contributed by atoms with van der Waals surface area (Å²) in [6.45, 7) is -0.410. The molecule has 0 unspecified atom stereocenters. The fraction of sp³-hybridized carbons (Fsp3) is 0.400. The van der Waals surface area contributed by atoms with Gasteiger partial charge in [-0.3, -0.25) is 19.3 Å². The number of furan rings is 1. The molecule has 0 spiro atoms. The second kappa shape index (κ2) is 6.68. The highest BCUT2D eigenvalue weighted by Gasteiger charge is 2.39. The fourth-order valence-electron chi connectivity index (χ4n) is 2.67. The first-order valence-electron chi connectivity index (χ1n) is 7.52. The molecule has 2 aliphatic rings. The summed E-state index contributed by atoms with van der Waals surface area (Å²) in [5, 5.41) is -0.538. The quantitative estimate of drug-likeness (QED) is 0.712. The lowest BCUT2D eigenvalue weighted by Crippen LogP contribution is -2.45. The van der Waals surface area contributed by atoms with E-state index in [9.17, 15) is 22.8 Å². The molecule has 2 saturated heterocycles. The highest BCUT2D eigenvalue weighted by atomic mass is 32.2. The number of amides is 3. The Kier molecular flexibility index (Phi) is 4.74. The summed E-state index contributed by atoms with van der Waals surface area (Å²) in [7, 11) is -1.63. The number of imide groups is 1. The van der Waals surface area contributed by atoms with Gasteiger partial charge >= 0.3 is 0 Å². The summed E-state index contributed by atoms with van der Waals surface area (Å²) in [6, 6.07) is 2.88. The first kappa shape index (κ1) is 17.7. The van der Waals surface area contributed by atoms with E-state index in [0.29, 0.717) is 12.2 Å². The Balaban J connectivity index is 1.67. The van der Waals surface area contributed by atoms with Crippen LogP contribution in [-0.4, -0.2) is 66.4 Å². The SMILES string of the molecule is CN(C(=O)CN1C(=O)S/C(=C\c2ccco2)C1=O)[C@@H]1CCS(=O)(=O)C1. The summed E-state index contributed by atoms with van der Waals surface area (Å²) in [6.07, 6.45) is 3.26. The average molecular weight is 384 g/mol. The number of carbonyl (C=O) groups excluding carboxylic acids is 3. The number of likely N-dealkylation sites (N-methyl/N-ethyl adjacent to an activating group) is 1. The lowest BCUT2D eigenvalue weighted by molar-refractivity contribution is -0.136. The summed E-state index contributed by atoms with van der Waals surface area (Å²) in [5.74, 6) is -0.640. The van der Waals surface area contributed by atoms with Crippen LogP contribution in [0.2, 0.25) is 0 Å². The molecule has 0 aromatic carbocycles. The molecular formula is C15H16N2O6S2. The number of carbonyl (C=O) groups is 3. The molecule has 2 aliphatic heterocycles. The second-order valence-corrected chi connectivity index (χ2v) is 9.07. The van der Waals surface area contributed by atoms with Gasteiger partial charge in [0.05, 0.1) is 22.7 Å². The molecule has 0 saturated carbocycles. The van der Waals surface area contributed by atoms with Crippen molar-refractivity contribution in [2.75, 3.05) is 25.1 Å². The van der Waals surface area contributed by atoms with Crippen LogP contribution < -0.4 is 0 Å². The summed E-state index contributed by atoms with van der Waals surface area (Å²) in [4.78, 5) is 39.1. The Morgan fingerprint density at radius 2 is 2.24 bits per heavy atom. The molecule has 3 heterocycles. The molecule has 0 bridgehead atoms. The number of hydrogen-bond donors (Lipinski definition) is 0. The first-order valence-corrected chi connectivity index (χ1v) is 10.2. The van der Waals surface area contributed by atoms with Crippen molar-refractivity contribution in [3.8, 4) is 0 Å². The topological polar surface area (TPSA) is 105 Å². The van der Waals surface area contributed by atoms with E-state index in [1.165, 1.54) is 24.3 Å². The Morgan fingerprint density at radius 1 is 1.48 bits per heavy atom. The molecule has 0 radical (unpaired) electrons. The van der Waals surface area contributed by atoms with Crippen LogP contribution in [0.15, 0.2) is 27.7 Å². The van der Waals surface area contributed by atoms with Crippen molar-refractivity contribution in [1.82, 2.24) is 9.80 Å². The first-order chi connectivity index (χ1) is 11.8. The van der Waals surface area contributed by atoms with Gasteiger partial charge in [0.2, 0.25) is 5.91 Å². The van der Waals surface area contributed by atoms with E-state index in [1.54, 1.807) is 12.1 Å². The smallest absolute Gasteiger partial charge is 0.294 e. The number of rotatable bonds is 4. The minimum atomic E-state index is -3.13. The Morgan fingerprint density at radius 3 is 2.84 bits per heavy atom. The molecule has 1 atom stereocenters. The molecule has 10 heteroatoms. The van der Waals surface area contributed by atoms with E-state index in [1.807, 2.05) is 0 Å². The van der Waals surface area contributed by atoms with Gasteiger partial charge in [0.15, 0.2) is 9.84 Å². The number of sulfone groups is 1. The Bertz CT molecular complexity index is 843. The molecule has 3 amide bonds. The van der Waals surface area contributed by atoms with Crippen molar-refractivity contribution in [2.24, 2.45) is 0 Å². The molecule has 134 valence electrons. The van der Waals surface area contributed by atoms with Crippen molar-refractivity contribution in [1.29, 1.82) is 0 Å². The van der Waals surface area contributed by atoms with Crippen LogP contribution in [0.4, 0.5) is 4.79 Å². The summed E-state index contributed by atoms with van der Waals surface area (Å²) >= 11 is 0.738. The van der Waals surface area contributed by atoms with E-state index >= 15 is 0 Å². The molecule has 8 nitrogen and oxygen atoms in total. The third-order valence-electron chi connectivity index (χ3n) is 4.13. The fourth-order valence-corrected chi connectivity index (χ4v) is 5.26. The minimum absolute atomic E-state index is 0.0444. The van der Waals surface area contributed by atoms with Gasteiger partial charge in [-0.25, -0.2) is 8.42 Å². The predicted octanol–water partition coefficient (Wildman–Crippen LogP) is 0.961. The van der Waals surface area contributed by atoms with Gasteiger partial charge in [-0.15, -0.1) is 0 Å². The van der Waals surface area contributed by atoms with E-state index in [0.717, 1.165) is 16.7 Å². The van der Waals surface area contributed by atoms with Gasteiger partial charge in [0.25, 0.3) is 11.1 Å². The largest absolute Gasteiger partial charge is 0.465 e. The molecule has 2 fully saturated rings. The van der Waals surface area contributed by atoms with Gasteiger partial charge in [-0.2, -0.15) is 0 Å². The molecule has 1 aromatic heterocycles. The zero-order valence-electron chi connectivity index (χ0n) is 13.4. The molecule has 1 aromatic rings. The molecule has 25 heavy (non-hydrogen) atoms. The molecule has 3 rings (SSSR count). The van der Waals surface area contributed by atoms with Gasteiger partial charge in [-0.1, -0.05) is 0 Å². The van der Waals surface area contributed by atoms with Crippen LogP contribution in [0, 0.1) is 0 Å². The number of hydrogen-bond acceptors (Lipinski definition) is 7. The Labute approximate surface area is 148 Å². The van der Waals surface area contributed by atoms with Crippen LogP contribution in [0.5, 0.6) is 0 Å². The van der Waals surface area contributed by atoms with Gasteiger partial charge in [0.1, 0.15) is 12.3 Å². The summed E-state index contributed by atoms with van der Waals surface area (Å²) in [5.41, 5.74) is 0. The maximum atomic E-state index is 12.3. The molecule has 0 aliphatic carbocycles. The lowest BCUT2D eigenvalue weighted by Gasteiger charge is -2.25. The zero-order chi connectivity index (χ0) is 18.2. The predicted molar refractivity (Wildman–Crippen MR) is 91.2 cm³/mol. The maximum absolute atomic E-state index is 12.3. The van der Waals surface area contributed by atoms with Crippen molar-refractivity contribution >= 4 is 44.7 Å². The highest BCUT2D eigenvalue weighted by molar-refractivity contribution is 8.18. The maximum Gasteiger partial charge on any atom is 0.294 e. The van der Waals surface area contributed by atoms with Crippen LogP contribution in [0.3, 0.4) is 0 Å². The van der Waals surface area contributed by atoms with E-state index < -0.39 is 39.5 Å². The van der Waals surface area contributed by atoms with E-state index in [2.05, 4.69) is 0 Å². The van der Waals surface area contributed by atoms with Crippen molar-refractivity contribution in [3.63, 3.8) is 0 Å². The van der Waals surface area contributed by atoms with Gasteiger partial charge < -0.3 is 9.32 Å². The number of thioether (sulfide) groups is 1.